The van der Waals surface area contributed by atoms with Crippen molar-refractivity contribution in [2.45, 2.75) is 24.4 Å². The molecule has 4 nitrogen and oxygen atoms in total. The van der Waals surface area contributed by atoms with Crippen LogP contribution in [-0.2, 0) is 16.6 Å². The molecule has 2 aromatic rings. The van der Waals surface area contributed by atoms with Crippen LogP contribution < -0.4 is 10.5 Å². The van der Waals surface area contributed by atoms with Crippen LogP contribution in [0.5, 0.6) is 0 Å². The van der Waals surface area contributed by atoms with Gasteiger partial charge in [-0.25, -0.2) is 13.6 Å². The molecule has 0 fully saturated rings. The molecule has 2 rings (SSSR count). The fraction of sp³-hybridized carbons (Fsp3) is 0.200. The second-order valence-corrected chi connectivity index (χ2v) is 7.23. The lowest BCUT2D eigenvalue weighted by Gasteiger charge is -2.15. The topological polar surface area (TPSA) is 72.2 Å². The first-order valence-corrected chi connectivity index (χ1v) is 8.81. The van der Waals surface area contributed by atoms with Gasteiger partial charge in [0.15, 0.2) is 0 Å². The minimum Gasteiger partial charge on any atom is -0.306 e. The molecule has 2 aromatic carbocycles. The molecule has 1 unspecified atom stereocenters. The van der Waals surface area contributed by atoms with Gasteiger partial charge in [0.05, 0.1) is 4.90 Å². The van der Waals surface area contributed by atoms with Crippen LogP contribution >= 0.6 is 15.9 Å². The Morgan fingerprint density at radius 2 is 1.90 bits per heavy atom. The molecular formula is C15H17BrN2O2S. The first kappa shape index (κ1) is 16.2. The van der Waals surface area contributed by atoms with Gasteiger partial charge in [-0.1, -0.05) is 46.3 Å². The maximum Gasteiger partial charge on any atom is 0.238 e. The molecule has 0 amide bonds. The van der Waals surface area contributed by atoms with Crippen LogP contribution in [0.4, 0.5) is 0 Å². The Hall–Kier alpha value is -1.21. The van der Waals surface area contributed by atoms with E-state index >= 15 is 0 Å². The summed E-state index contributed by atoms with van der Waals surface area (Å²) >= 11 is 3.50. The Labute approximate surface area is 133 Å². The van der Waals surface area contributed by atoms with Crippen molar-refractivity contribution in [1.82, 2.24) is 5.32 Å². The first-order valence-electron chi connectivity index (χ1n) is 6.47. The molecule has 1 atom stereocenters. The predicted molar refractivity (Wildman–Crippen MR) is 87.2 cm³/mol. The summed E-state index contributed by atoms with van der Waals surface area (Å²) < 4.78 is 23.8. The van der Waals surface area contributed by atoms with Crippen LogP contribution in [0.1, 0.15) is 24.1 Å². The van der Waals surface area contributed by atoms with E-state index in [4.69, 9.17) is 5.14 Å². The molecule has 0 saturated heterocycles. The molecule has 0 aliphatic rings. The Bertz CT molecular complexity index is 732. The minimum atomic E-state index is -3.67. The van der Waals surface area contributed by atoms with Gasteiger partial charge in [0, 0.05) is 17.1 Å². The highest BCUT2D eigenvalue weighted by Gasteiger charge is 2.11. The van der Waals surface area contributed by atoms with E-state index in [1.54, 1.807) is 12.1 Å². The Kier molecular flexibility index (Phi) is 5.16. The number of nitrogens with two attached hydrogens (primary N) is 1. The Morgan fingerprint density at radius 1 is 1.19 bits per heavy atom. The molecule has 3 N–H and O–H groups in total. The molecule has 0 saturated carbocycles. The van der Waals surface area contributed by atoms with E-state index in [0.29, 0.717) is 6.54 Å². The fourth-order valence-electron chi connectivity index (χ4n) is 1.98. The van der Waals surface area contributed by atoms with Crippen LogP contribution in [0.3, 0.4) is 0 Å². The van der Waals surface area contributed by atoms with Crippen molar-refractivity contribution in [2.24, 2.45) is 5.14 Å². The van der Waals surface area contributed by atoms with Crippen molar-refractivity contribution in [1.29, 1.82) is 0 Å². The molecule has 112 valence electrons. The number of primary sulfonamides is 1. The standard InChI is InChI=1S/C15H17BrN2O2S/c1-11(18-10-13-5-2-3-8-15(13)16)12-6-4-7-14(9-12)21(17,19)20/h2-9,11,18H,10H2,1H3,(H2,17,19,20). The lowest BCUT2D eigenvalue weighted by Crippen LogP contribution is -2.19. The van der Waals surface area contributed by atoms with E-state index in [2.05, 4.69) is 21.2 Å². The summed E-state index contributed by atoms with van der Waals surface area (Å²) in [5.41, 5.74) is 2.03. The normalized spacial score (nSPS) is 13.1. The van der Waals surface area contributed by atoms with E-state index in [9.17, 15) is 8.42 Å². The highest BCUT2D eigenvalue weighted by molar-refractivity contribution is 9.10. The summed E-state index contributed by atoms with van der Waals surface area (Å²) in [5.74, 6) is 0. The molecule has 21 heavy (non-hydrogen) atoms. The molecule has 0 bridgehead atoms. The van der Waals surface area contributed by atoms with Crippen LogP contribution in [0.15, 0.2) is 57.9 Å². The van der Waals surface area contributed by atoms with Crippen molar-refractivity contribution >= 4 is 26.0 Å². The summed E-state index contributed by atoms with van der Waals surface area (Å²) in [6.07, 6.45) is 0. The van der Waals surface area contributed by atoms with Gasteiger partial charge in [0.1, 0.15) is 0 Å². The molecule has 0 aliphatic heterocycles. The SMILES string of the molecule is CC(NCc1ccccc1Br)c1cccc(S(N)(=O)=O)c1. The predicted octanol–water partition coefficient (Wildman–Crippen LogP) is 2.95. The summed E-state index contributed by atoms with van der Waals surface area (Å²) in [6.45, 7) is 2.67. The van der Waals surface area contributed by atoms with Gasteiger partial charge in [0.25, 0.3) is 0 Å². The monoisotopic (exact) mass is 368 g/mol. The number of sulfonamides is 1. The second kappa shape index (κ2) is 6.70. The van der Waals surface area contributed by atoms with Gasteiger partial charge >= 0.3 is 0 Å². The van der Waals surface area contributed by atoms with Gasteiger partial charge in [-0.05, 0) is 36.2 Å². The number of halogens is 1. The van der Waals surface area contributed by atoms with Gasteiger partial charge in [-0.2, -0.15) is 0 Å². The summed E-state index contributed by atoms with van der Waals surface area (Å²) in [4.78, 5) is 0.134. The Balaban J connectivity index is 2.11. The molecule has 0 heterocycles. The lowest BCUT2D eigenvalue weighted by molar-refractivity contribution is 0.571. The van der Waals surface area contributed by atoms with Gasteiger partial charge in [-0.3, -0.25) is 0 Å². The lowest BCUT2D eigenvalue weighted by atomic mass is 10.1. The number of hydrogen-bond donors (Lipinski definition) is 2. The van der Waals surface area contributed by atoms with E-state index in [0.717, 1.165) is 15.6 Å². The van der Waals surface area contributed by atoms with Gasteiger partial charge < -0.3 is 5.32 Å². The average Bonchev–Trinajstić information content (AvgIpc) is 2.45. The highest BCUT2D eigenvalue weighted by Crippen LogP contribution is 2.19. The molecule has 6 heteroatoms. The summed E-state index contributed by atoms with van der Waals surface area (Å²) in [7, 11) is -3.67. The number of rotatable bonds is 5. The van der Waals surface area contributed by atoms with Gasteiger partial charge in [-0.15, -0.1) is 0 Å². The molecule has 0 spiro atoms. The van der Waals surface area contributed by atoms with E-state index in [-0.39, 0.29) is 10.9 Å². The third-order valence-corrected chi connectivity index (χ3v) is 4.93. The zero-order valence-corrected chi connectivity index (χ0v) is 14.0. The average molecular weight is 369 g/mol. The van der Waals surface area contributed by atoms with Crippen LogP contribution in [0, 0.1) is 0 Å². The zero-order valence-electron chi connectivity index (χ0n) is 11.6. The Morgan fingerprint density at radius 3 is 2.57 bits per heavy atom. The summed E-state index contributed by atoms with van der Waals surface area (Å²) in [5, 5.41) is 8.53. The van der Waals surface area contributed by atoms with Crippen molar-refractivity contribution < 1.29 is 8.42 Å². The number of nitrogens with one attached hydrogen (secondary N) is 1. The maximum absolute atomic E-state index is 11.4. The van der Waals surface area contributed by atoms with Crippen molar-refractivity contribution in [3.63, 3.8) is 0 Å². The van der Waals surface area contributed by atoms with Crippen molar-refractivity contribution in [2.75, 3.05) is 0 Å². The fourth-order valence-corrected chi connectivity index (χ4v) is 2.98. The third-order valence-electron chi connectivity index (χ3n) is 3.24. The molecule has 0 radical (unpaired) electrons. The third kappa shape index (κ3) is 4.38. The van der Waals surface area contributed by atoms with E-state index < -0.39 is 10.0 Å². The quantitative estimate of drug-likeness (QED) is 0.851. The summed E-state index contributed by atoms with van der Waals surface area (Å²) in [6, 6.07) is 14.7. The molecule has 0 aromatic heterocycles. The van der Waals surface area contributed by atoms with Crippen LogP contribution in [0.2, 0.25) is 0 Å². The largest absolute Gasteiger partial charge is 0.306 e. The van der Waals surface area contributed by atoms with E-state index in [1.807, 2.05) is 37.3 Å². The van der Waals surface area contributed by atoms with Crippen molar-refractivity contribution in [3.05, 3.63) is 64.1 Å². The van der Waals surface area contributed by atoms with E-state index in [1.165, 1.54) is 6.07 Å². The van der Waals surface area contributed by atoms with Crippen LogP contribution in [0.25, 0.3) is 0 Å². The smallest absolute Gasteiger partial charge is 0.238 e. The molecule has 0 aliphatic carbocycles. The zero-order chi connectivity index (χ0) is 15.5. The number of benzene rings is 2. The van der Waals surface area contributed by atoms with Crippen LogP contribution in [-0.4, -0.2) is 8.42 Å². The molecular weight excluding hydrogens is 352 g/mol. The second-order valence-electron chi connectivity index (χ2n) is 4.81. The number of hydrogen-bond acceptors (Lipinski definition) is 3. The first-order chi connectivity index (χ1) is 9.88. The van der Waals surface area contributed by atoms with Gasteiger partial charge in [0.2, 0.25) is 10.0 Å². The highest BCUT2D eigenvalue weighted by atomic mass is 79.9. The minimum absolute atomic E-state index is 0.0128. The maximum atomic E-state index is 11.4. The van der Waals surface area contributed by atoms with Crippen molar-refractivity contribution in [3.8, 4) is 0 Å².